The number of rotatable bonds is 8. The minimum Gasteiger partial charge on any atom is -0.494 e. The number of carbonyl (C=O) groups excluding carboxylic acids is 2. The van der Waals surface area contributed by atoms with Gasteiger partial charge in [0.15, 0.2) is 5.16 Å². The van der Waals surface area contributed by atoms with Gasteiger partial charge in [0.05, 0.1) is 41.5 Å². The molecule has 1 fully saturated rings. The van der Waals surface area contributed by atoms with E-state index in [1.807, 2.05) is 37.3 Å². The van der Waals surface area contributed by atoms with Gasteiger partial charge in [-0.25, -0.2) is 4.98 Å². The van der Waals surface area contributed by atoms with Crippen molar-refractivity contribution in [2.45, 2.75) is 31.8 Å². The fourth-order valence-corrected chi connectivity index (χ4v) is 5.08. The fourth-order valence-electron chi connectivity index (χ4n) is 4.17. The van der Waals surface area contributed by atoms with Gasteiger partial charge < -0.3 is 14.4 Å². The van der Waals surface area contributed by atoms with Gasteiger partial charge in [-0.15, -0.1) is 0 Å². The second-order valence-corrected chi connectivity index (χ2v) is 9.14. The van der Waals surface area contributed by atoms with Crippen LogP contribution in [0.3, 0.4) is 0 Å². The van der Waals surface area contributed by atoms with Crippen LogP contribution >= 0.6 is 11.8 Å². The van der Waals surface area contributed by atoms with Crippen molar-refractivity contribution < 1.29 is 19.1 Å². The molecule has 9 heteroatoms. The Hall–Kier alpha value is -3.33. The molecular formula is C26H29N3O5S. The number of thioether (sulfide) groups is 1. The number of likely N-dealkylation sites (tertiary alicyclic amines) is 1. The number of ether oxygens (including phenoxy) is 2. The van der Waals surface area contributed by atoms with E-state index in [0.29, 0.717) is 53.8 Å². The van der Waals surface area contributed by atoms with Gasteiger partial charge in [0.25, 0.3) is 5.56 Å². The summed E-state index contributed by atoms with van der Waals surface area (Å²) in [5.41, 5.74) is 1.03. The average Bonchev–Trinajstić information content (AvgIpc) is 2.88. The molecule has 3 aromatic rings. The highest BCUT2D eigenvalue weighted by Crippen LogP contribution is 2.25. The minimum atomic E-state index is -0.293. The van der Waals surface area contributed by atoms with Gasteiger partial charge in [-0.1, -0.05) is 23.9 Å². The maximum atomic E-state index is 13.4. The van der Waals surface area contributed by atoms with Crippen molar-refractivity contribution in [2.75, 3.05) is 32.1 Å². The number of piperidine rings is 1. The normalized spacial score (nSPS) is 15.7. The van der Waals surface area contributed by atoms with E-state index in [4.69, 9.17) is 14.5 Å². The van der Waals surface area contributed by atoms with Crippen LogP contribution in [0.1, 0.15) is 26.7 Å². The Morgan fingerprint density at radius 3 is 2.60 bits per heavy atom. The van der Waals surface area contributed by atoms with Crippen molar-refractivity contribution in [3.8, 4) is 11.4 Å². The van der Waals surface area contributed by atoms with Crippen molar-refractivity contribution in [1.29, 1.82) is 0 Å². The van der Waals surface area contributed by atoms with Crippen molar-refractivity contribution in [2.24, 2.45) is 5.92 Å². The molecule has 1 aliphatic heterocycles. The molecule has 0 saturated carbocycles. The Morgan fingerprint density at radius 2 is 1.86 bits per heavy atom. The zero-order chi connectivity index (χ0) is 24.8. The van der Waals surface area contributed by atoms with Crippen molar-refractivity contribution in [3.05, 3.63) is 58.9 Å². The Morgan fingerprint density at radius 1 is 1.09 bits per heavy atom. The van der Waals surface area contributed by atoms with Crippen LogP contribution in [0.4, 0.5) is 0 Å². The third-order valence-corrected chi connectivity index (χ3v) is 6.79. The van der Waals surface area contributed by atoms with Crippen LogP contribution in [0.15, 0.2) is 58.5 Å². The van der Waals surface area contributed by atoms with Crippen molar-refractivity contribution in [3.63, 3.8) is 0 Å². The third-order valence-electron chi connectivity index (χ3n) is 5.87. The smallest absolute Gasteiger partial charge is 0.310 e. The second kappa shape index (κ2) is 11.4. The number of para-hydroxylation sites is 1. The van der Waals surface area contributed by atoms with Crippen LogP contribution in [0.2, 0.25) is 0 Å². The first-order valence-corrected chi connectivity index (χ1v) is 12.8. The van der Waals surface area contributed by atoms with Gasteiger partial charge in [-0.3, -0.25) is 19.0 Å². The molecular weight excluding hydrogens is 466 g/mol. The summed E-state index contributed by atoms with van der Waals surface area (Å²) in [5, 5.41) is 0.940. The number of amides is 1. The highest BCUT2D eigenvalue weighted by atomic mass is 32.2. The molecule has 2 aromatic carbocycles. The molecule has 1 saturated heterocycles. The van der Waals surface area contributed by atoms with Gasteiger partial charge >= 0.3 is 5.97 Å². The molecule has 2 heterocycles. The molecule has 1 aliphatic rings. The monoisotopic (exact) mass is 495 g/mol. The van der Waals surface area contributed by atoms with Crippen LogP contribution in [0, 0.1) is 5.92 Å². The zero-order valence-electron chi connectivity index (χ0n) is 19.9. The van der Waals surface area contributed by atoms with E-state index < -0.39 is 0 Å². The number of hydrogen-bond donors (Lipinski definition) is 0. The first kappa shape index (κ1) is 24.8. The molecule has 0 aliphatic carbocycles. The Labute approximate surface area is 208 Å². The lowest BCUT2D eigenvalue weighted by Gasteiger charge is -2.31. The molecule has 0 bridgehead atoms. The quantitative estimate of drug-likeness (QED) is 0.267. The summed E-state index contributed by atoms with van der Waals surface area (Å²) in [4.78, 5) is 45.0. The standard InChI is InChI=1S/C26H29N3O5S/c1-3-33-20-13-11-19(12-14-20)29-24(31)21-9-5-6-10-22(21)27-26(29)35-17-23(30)28-15-7-8-18(16-28)25(32)34-4-2/h5-6,9-14,18H,3-4,7-8,15-17H2,1-2H3/t18-/m0/s1. The van der Waals surface area contributed by atoms with Crippen LogP contribution in [0.5, 0.6) is 5.75 Å². The average molecular weight is 496 g/mol. The maximum Gasteiger partial charge on any atom is 0.310 e. The number of fused-ring (bicyclic) bond motifs is 1. The molecule has 0 N–H and O–H groups in total. The summed E-state index contributed by atoms with van der Waals surface area (Å²) >= 11 is 1.22. The largest absolute Gasteiger partial charge is 0.494 e. The molecule has 184 valence electrons. The molecule has 35 heavy (non-hydrogen) atoms. The van der Waals surface area contributed by atoms with Crippen molar-refractivity contribution >= 4 is 34.5 Å². The summed E-state index contributed by atoms with van der Waals surface area (Å²) in [6, 6.07) is 14.4. The topological polar surface area (TPSA) is 90.7 Å². The second-order valence-electron chi connectivity index (χ2n) is 8.20. The van der Waals surface area contributed by atoms with E-state index in [9.17, 15) is 14.4 Å². The third kappa shape index (κ3) is 5.67. The fraction of sp³-hybridized carbons (Fsp3) is 0.385. The molecule has 0 radical (unpaired) electrons. The van der Waals surface area contributed by atoms with Gasteiger partial charge in [0.2, 0.25) is 5.91 Å². The Balaban J connectivity index is 1.58. The number of esters is 1. The zero-order valence-corrected chi connectivity index (χ0v) is 20.8. The van der Waals surface area contributed by atoms with E-state index in [-0.39, 0.29) is 29.1 Å². The van der Waals surface area contributed by atoms with E-state index in [1.165, 1.54) is 16.3 Å². The first-order valence-electron chi connectivity index (χ1n) is 11.8. The predicted octanol–water partition coefficient (Wildman–Crippen LogP) is 3.68. The lowest BCUT2D eigenvalue weighted by Crippen LogP contribution is -2.43. The van der Waals surface area contributed by atoms with Crippen LogP contribution < -0.4 is 10.3 Å². The number of nitrogens with zero attached hydrogens (tertiary/aromatic N) is 3. The lowest BCUT2D eigenvalue weighted by atomic mass is 9.98. The van der Waals surface area contributed by atoms with Gasteiger partial charge in [0, 0.05) is 13.1 Å². The van der Waals surface area contributed by atoms with E-state index >= 15 is 0 Å². The van der Waals surface area contributed by atoms with Gasteiger partial charge in [0.1, 0.15) is 5.75 Å². The van der Waals surface area contributed by atoms with Gasteiger partial charge in [-0.2, -0.15) is 0 Å². The van der Waals surface area contributed by atoms with Crippen LogP contribution in [-0.4, -0.2) is 58.4 Å². The molecule has 1 atom stereocenters. The van der Waals surface area contributed by atoms with Crippen LogP contribution in [-0.2, 0) is 14.3 Å². The molecule has 1 amide bonds. The van der Waals surface area contributed by atoms with E-state index in [2.05, 4.69) is 0 Å². The first-order chi connectivity index (χ1) is 17.0. The highest BCUT2D eigenvalue weighted by molar-refractivity contribution is 7.99. The lowest BCUT2D eigenvalue weighted by molar-refractivity contribution is -0.151. The Kier molecular flexibility index (Phi) is 8.07. The van der Waals surface area contributed by atoms with Gasteiger partial charge in [-0.05, 0) is 63.1 Å². The van der Waals surface area contributed by atoms with E-state index in [0.717, 1.165) is 12.8 Å². The summed E-state index contributed by atoms with van der Waals surface area (Å²) < 4.78 is 12.2. The summed E-state index contributed by atoms with van der Waals surface area (Å²) in [5.74, 6) is 0.183. The molecule has 0 unspecified atom stereocenters. The number of benzene rings is 2. The minimum absolute atomic E-state index is 0.0929. The molecule has 8 nitrogen and oxygen atoms in total. The van der Waals surface area contributed by atoms with Crippen LogP contribution in [0.25, 0.3) is 16.6 Å². The van der Waals surface area contributed by atoms with Crippen molar-refractivity contribution in [1.82, 2.24) is 14.5 Å². The Bertz CT molecular complexity index is 1260. The number of aromatic nitrogens is 2. The maximum absolute atomic E-state index is 13.4. The molecule has 1 aromatic heterocycles. The highest BCUT2D eigenvalue weighted by Gasteiger charge is 2.29. The summed E-state index contributed by atoms with van der Waals surface area (Å²) in [6.07, 6.45) is 1.48. The molecule has 4 rings (SSSR count). The number of carbonyl (C=O) groups is 2. The predicted molar refractivity (Wildman–Crippen MR) is 135 cm³/mol. The molecule has 0 spiro atoms. The summed E-state index contributed by atoms with van der Waals surface area (Å²) in [7, 11) is 0. The SMILES string of the molecule is CCOC(=O)[C@H]1CCCN(C(=O)CSc2nc3ccccc3c(=O)n2-c2ccc(OCC)cc2)C1. The van der Waals surface area contributed by atoms with E-state index in [1.54, 1.807) is 30.0 Å². The number of hydrogen-bond acceptors (Lipinski definition) is 7. The summed E-state index contributed by atoms with van der Waals surface area (Å²) in [6.45, 7) is 5.53.